The van der Waals surface area contributed by atoms with Gasteiger partial charge in [-0.3, -0.25) is 0 Å². The van der Waals surface area contributed by atoms with E-state index < -0.39 is 0 Å². The van der Waals surface area contributed by atoms with Crippen molar-refractivity contribution in [1.82, 2.24) is 10.2 Å². The zero-order chi connectivity index (χ0) is 10.7. The average Bonchev–Trinajstić information content (AvgIpc) is 2.79. The summed E-state index contributed by atoms with van der Waals surface area (Å²) in [6.07, 6.45) is 2.68. The molecule has 0 aromatic heterocycles. The fourth-order valence-corrected chi connectivity index (χ4v) is 2.94. The molecule has 0 amide bonds. The first-order valence-corrected chi connectivity index (χ1v) is 6.24. The van der Waals surface area contributed by atoms with Crippen LogP contribution in [0.4, 0.5) is 0 Å². The summed E-state index contributed by atoms with van der Waals surface area (Å²) in [4.78, 5) is 2.62. The highest BCUT2D eigenvalue weighted by atomic mass is 16.5. The number of methoxy groups -OCH3 is 1. The molecule has 3 nitrogen and oxygen atoms in total. The first kappa shape index (κ1) is 11.4. The van der Waals surface area contributed by atoms with Gasteiger partial charge in [0.1, 0.15) is 0 Å². The minimum Gasteiger partial charge on any atom is -0.384 e. The molecule has 3 heteroatoms. The summed E-state index contributed by atoms with van der Waals surface area (Å²) in [7, 11) is 1.81. The molecule has 3 unspecified atom stereocenters. The minimum absolute atomic E-state index is 0.714. The fraction of sp³-hybridized carbons (Fsp3) is 1.00. The molecule has 0 aromatic rings. The summed E-state index contributed by atoms with van der Waals surface area (Å²) >= 11 is 0. The predicted octanol–water partition coefficient (Wildman–Crippen LogP) is 0.953. The van der Waals surface area contributed by atoms with E-state index in [1.807, 2.05) is 7.11 Å². The van der Waals surface area contributed by atoms with Crippen molar-refractivity contribution in [3.05, 3.63) is 0 Å². The SMILES string of the molecule is COCC1CCN(CC2CCNC2C)C1. The summed E-state index contributed by atoms with van der Waals surface area (Å²) in [5.74, 6) is 1.64. The molecule has 2 heterocycles. The van der Waals surface area contributed by atoms with E-state index in [0.717, 1.165) is 18.4 Å². The van der Waals surface area contributed by atoms with Gasteiger partial charge in [-0.05, 0) is 44.7 Å². The molecule has 0 aromatic carbocycles. The molecule has 0 radical (unpaired) electrons. The average molecular weight is 212 g/mol. The number of hydrogen-bond donors (Lipinski definition) is 1. The maximum Gasteiger partial charge on any atom is 0.0503 e. The highest BCUT2D eigenvalue weighted by Crippen LogP contribution is 2.22. The molecule has 0 spiro atoms. The Morgan fingerprint density at radius 3 is 2.93 bits per heavy atom. The highest BCUT2D eigenvalue weighted by molar-refractivity contribution is 4.85. The van der Waals surface area contributed by atoms with Gasteiger partial charge in [0, 0.05) is 26.2 Å². The predicted molar refractivity (Wildman–Crippen MR) is 62.0 cm³/mol. The molecule has 15 heavy (non-hydrogen) atoms. The van der Waals surface area contributed by atoms with Crippen LogP contribution < -0.4 is 5.32 Å². The molecule has 0 bridgehead atoms. The van der Waals surface area contributed by atoms with Crippen molar-refractivity contribution in [3.8, 4) is 0 Å². The molecule has 0 saturated carbocycles. The van der Waals surface area contributed by atoms with Crippen molar-refractivity contribution >= 4 is 0 Å². The van der Waals surface area contributed by atoms with Crippen LogP contribution in [-0.4, -0.2) is 50.8 Å². The standard InChI is InChI=1S/C12H24N2O/c1-10-12(3-5-13-10)8-14-6-4-11(7-14)9-15-2/h10-13H,3-9H2,1-2H3. The first-order valence-electron chi connectivity index (χ1n) is 6.24. The van der Waals surface area contributed by atoms with Gasteiger partial charge in [-0.25, -0.2) is 0 Å². The quantitative estimate of drug-likeness (QED) is 0.751. The molecule has 2 aliphatic rings. The smallest absolute Gasteiger partial charge is 0.0503 e. The monoisotopic (exact) mass is 212 g/mol. The number of rotatable bonds is 4. The number of ether oxygens (including phenoxy) is 1. The Bertz CT molecular complexity index is 198. The minimum atomic E-state index is 0.714. The van der Waals surface area contributed by atoms with Crippen LogP contribution in [0.25, 0.3) is 0 Å². The number of hydrogen-bond acceptors (Lipinski definition) is 3. The molecule has 2 aliphatic heterocycles. The summed E-state index contributed by atoms with van der Waals surface area (Å²) in [6.45, 7) is 8.28. The number of likely N-dealkylation sites (tertiary alicyclic amines) is 1. The van der Waals surface area contributed by atoms with Gasteiger partial charge in [-0.15, -0.1) is 0 Å². The molecule has 3 atom stereocenters. The summed E-state index contributed by atoms with van der Waals surface area (Å²) in [6, 6.07) is 0.714. The molecular weight excluding hydrogens is 188 g/mol. The van der Waals surface area contributed by atoms with E-state index in [4.69, 9.17) is 4.74 Å². The lowest BCUT2D eigenvalue weighted by Gasteiger charge is -2.23. The van der Waals surface area contributed by atoms with Crippen LogP contribution in [-0.2, 0) is 4.74 Å². The molecule has 2 fully saturated rings. The van der Waals surface area contributed by atoms with Crippen LogP contribution in [0.5, 0.6) is 0 Å². The van der Waals surface area contributed by atoms with Crippen LogP contribution in [0, 0.1) is 11.8 Å². The lowest BCUT2D eigenvalue weighted by atomic mass is 10.0. The largest absolute Gasteiger partial charge is 0.384 e. The van der Waals surface area contributed by atoms with Gasteiger partial charge in [0.05, 0.1) is 6.61 Å². The zero-order valence-electron chi connectivity index (χ0n) is 10.0. The summed E-state index contributed by atoms with van der Waals surface area (Å²) < 4.78 is 5.23. The van der Waals surface area contributed by atoms with E-state index in [-0.39, 0.29) is 0 Å². The van der Waals surface area contributed by atoms with Crippen molar-refractivity contribution in [2.45, 2.75) is 25.8 Å². The Morgan fingerprint density at radius 2 is 2.27 bits per heavy atom. The Labute approximate surface area is 93.2 Å². The Kier molecular flexibility index (Phi) is 4.00. The summed E-state index contributed by atoms with van der Waals surface area (Å²) in [5.41, 5.74) is 0. The lowest BCUT2D eigenvalue weighted by molar-refractivity contribution is 0.150. The summed E-state index contributed by atoms with van der Waals surface area (Å²) in [5, 5.41) is 3.53. The van der Waals surface area contributed by atoms with Crippen LogP contribution in [0.15, 0.2) is 0 Å². The molecule has 2 saturated heterocycles. The van der Waals surface area contributed by atoms with Gasteiger partial charge in [-0.1, -0.05) is 0 Å². The van der Waals surface area contributed by atoms with E-state index in [1.165, 1.54) is 39.0 Å². The highest BCUT2D eigenvalue weighted by Gasteiger charge is 2.28. The van der Waals surface area contributed by atoms with E-state index >= 15 is 0 Å². The number of nitrogens with zero attached hydrogens (tertiary/aromatic N) is 1. The second-order valence-corrected chi connectivity index (χ2v) is 5.16. The third-order valence-electron chi connectivity index (χ3n) is 3.95. The maximum atomic E-state index is 5.23. The third kappa shape index (κ3) is 2.92. The van der Waals surface area contributed by atoms with E-state index in [2.05, 4.69) is 17.1 Å². The van der Waals surface area contributed by atoms with Crippen molar-refractivity contribution in [2.24, 2.45) is 11.8 Å². The lowest BCUT2D eigenvalue weighted by Crippen LogP contribution is -2.33. The Hall–Kier alpha value is -0.120. The van der Waals surface area contributed by atoms with Crippen molar-refractivity contribution in [2.75, 3.05) is 39.9 Å². The second-order valence-electron chi connectivity index (χ2n) is 5.16. The van der Waals surface area contributed by atoms with Gasteiger partial charge < -0.3 is 15.0 Å². The normalized spacial score (nSPS) is 37.6. The van der Waals surface area contributed by atoms with Crippen LogP contribution >= 0.6 is 0 Å². The molecule has 0 aliphatic carbocycles. The topological polar surface area (TPSA) is 24.5 Å². The Morgan fingerprint density at radius 1 is 1.40 bits per heavy atom. The van der Waals surface area contributed by atoms with E-state index in [1.54, 1.807) is 0 Å². The van der Waals surface area contributed by atoms with Gasteiger partial charge >= 0.3 is 0 Å². The Balaban J connectivity index is 1.72. The van der Waals surface area contributed by atoms with Crippen LogP contribution in [0.1, 0.15) is 19.8 Å². The number of nitrogens with one attached hydrogen (secondary N) is 1. The first-order chi connectivity index (χ1) is 7.29. The van der Waals surface area contributed by atoms with Crippen LogP contribution in [0.3, 0.4) is 0 Å². The van der Waals surface area contributed by atoms with Gasteiger partial charge in [0.15, 0.2) is 0 Å². The van der Waals surface area contributed by atoms with Gasteiger partial charge in [0.2, 0.25) is 0 Å². The van der Waals surface area contributed by atoms with Gasteiger partial charge in [0.25, 0.3) is 0 Å². The van der Waals surface area contributed by atoms with Crippen molar-refractivity contribution in [1.29, 1.82) is 0 Å². The second kappa shape index (κ2) is 5.28. The fourth-order valence-electron chi connectivity index (χ4n) is 2.94. The third-order valence-corrected chi connectivity index (χ3v) is 3.95. The van der Waals surface area contributed by atoms with Crippen LogP contribution in [0.2, 0.25) is 0 Å². The maximum absolute atomic E-state index is 5.23. The van der Waals surface area contributed by atoms with Crippen molar-refractivity contribution < 1.29 is 4.74 Å². The van der Waals surface area contributed by atoms with E-state index in [9.17, 15) is 0 Å². The molecular formula is C12H24N2O. The molecule has 2 rings (SSSR count). The van der Waals surface area contributed by atoms with Crippen molar-refractivity contribution in [3.63, 3.8) is 0 Å². The molecule has 1 N–H and O–H groups in total. The zero-order valence-corrected chi connectivity index (χ0v) is 10.0. The van der Waals surface area contributed by atoms with E-state index in [0.29, 0.717) is 6.04 Å². The molecule has 88 valence electrons. The van der Waals surface area contributed by atoms with Gasteiger partial charge in [-0.2, -0.15) is 0 Å².